The van der Waals surface area contributed by atoms with Crippen LogP contribution in [0.25, 0.3) is 10.9 Å². The van der Waals surface area contributed by atoms with Gasteiger partial charge in [0.2, 0.25) is 0 Å². The Labute approximate surface area is 139 Å². The zero-order chi connectivity index (χ0) is 16.4. The first-order valence-corrected chi connectivity index (χ1v) is 8.13. The van der Waals surface area contributed by atoms with Crippen LogP contribution >= 0.6 is 11.3 Å². The van der Waals surface area contributed by atoms with Crippen LogP contribution in [0.1, 0.15) is 10.6 Å². The van der Waals surface area contributed by atoms with Gasteiger partial charge in [-0.25, -0.2) is 9.97 Å². The third-order valence-electron chi connectivity index (χ3n) is 3.80. The molecule has 2 heterocycles. The van der Waals surface area contributed by atoms with E-state index in [2.05, 4.69) is 9.88 Å². The molecule has 0 unspecified atom stereocenters. The number of fused-ring (bicyclic) bond motifs is 1. The molecule has 0 amide bonds. The fourth-order valence-electron chi connectivity index (χ4n) is 2.44. The molecule has 3 aromatic rings. The van der Waals surface area contributed by atoms with Crippen LogP contribution in [-0.4, -0.2) is 31.2 Å². The van der Waals surface area contributed by atoms with Gasteiger partial charge in [0, 0.05) is 29.4 Å². The van der Waals surface area contributed by atoms with Gasteiger partial charge in [0.05, 0.1) is 37.5 Å². The third kappa shape index (κ3) is 3.07. The Kier molecular flexibility index (Phi) is 4.34. The molecule has 0 atom stereocenters. The number of nitrogens with zero attached hydrogens (tertiary/aromatic N) is 3. The molecular weight excluding hydrogens is 310 g/mol. The van der Waals surface area contributed by atoms with E-state index in [4.69, 9.17) is 14.5 Å². The molecule has 5 nitrogen and oxygen atoms in total. The molecule has 0 N–H and O–H groups in total. The molecule has 0 aliphatic carbocycles. The molecule has 3 rings (SSSR count). The number of thiazole rings is 1. The van der Waals surface area contributed by atoms with Gasteiger partial charge in [0.15, 0.2) is 0 Å². The van der Waals surface area contributed by atoms with Crippen molar-refractivity contribution < 1.29 is 9.47 Å². The van der Waals surface area contributed by atoms with Crippen molar-refractivity contribution >= 4 is 28.1 Å². The van der Waals surface area contributed by atoms with E-state index in [0.717, 1.165) is 40.5 Å². The molecule has 6 heteroatoms. The Bertz CT molecular complexity index is 832. The smallest absolute Gasteiger partial charge is 0.131 e. The summed E-state index contributed by atoms with van der Waals surface area (Å²) >= 11 is 1.67. The number of aryl methyl sites for hydroxylation is 1. The number of hydrogen-bond donors (Lipinski definition) is 0. The Hall–Kier alpha value is -2.34. The van der Waals surface area contributed by atoms with Crippen LogP contribution in [0.4, 0.5) is 5.82 Å². The molecule has 0 spiro atoms. The number of rotatable bonds is 5. The van der Waals surface area contributed by atoms with Crippen molar-refractivity contribution in [1.82, 2.24) is 9.97 Å². The van der Waals surface area contributed by atoms with Gasteiger partial charge in [-0.3, -0.25) is 0 Å². The maximum atomic E-state index is 5.43. The lowest BCUT2D eigenvalue weighted by Crippen LogP contribution is -2.17. The van der Waals surface area contributed by atoms with Gasteiger partial charge in [0.25, 0.3) is 0 Å². The summed E-state index contributed by atoms with van der Waals surface area (Å²) in [5.74, 6) is 2.40. The van der Waals surface area contributed by atoms with Gasteiger partial charge in [-0.05, 0) is 19.1 Å². The molecular formula is C17H19N3O2S. The quantitative estimate of drug-likeness (QED) is 0.715. The van der Waals surface area contributed by atoms with Crippen molar-refractivity contribution in [1.29, 1.82) is 0 Å². The molecule has 0 saturated carbocycles. The molecule has 0 bridgehead atoms. The summed E-state index contributed by atoms with van der Waals surface area (Å²) in [4.78, 5) is 12.4. The van der Waals surface area contributed by atoms with Crippen LogP contribution in [-0.2, 0) is 6.54 Å². The van der Waals surface area contributed by atoms with E-state index in [1.54, 1.807) is 25.6 Å². The van der Waals surface area contributed by atoms with Crippen LogP contribution < -0.4 is 14.4 Å². The second kappa shape index (κ2) is 6.42. The number of anilines is 1. The van der Waals surface area contributed by atoms with E-state index in [1.165, 1.54) is 4.88 Å². The predicted molar refractivity (Wildman–Crippen MR) is 93.8 cm³/mol. The van der Waals surface area contributed by atoms with Crippen molar-refractivity contribution in [3.63, 3.8) is 0 Å². The Morgan fingerprint density at radius 2 is 2.00 bits per heavy atom. The summed E-state index contributed by atoms with van der Waals surface area (Å²) in [5.41, 5.74) is 3.81. The van der Waals surface area contributed by atoms with Crippen LogP contribution in [0.2, 0.25) is 0 Å². The minimum absolute atomic E-state index is 0.736. The normalized spacial score (nSPS) is 10.8. The Morgan fingerprint density at radius 1 is 1.17 bits per heavy atom. The first kappa shape index (κ1) is 15.6. The number of hydrogen-bond acceptors (Lipinski definition) is 6. The van der Waals surface area contributed by atoms with E-state index < -0.39 is 0 Å². The topological polar surface area (TPSA) is 47.5 Å². The molecule has 23 heavy (non-hydrogen) atoms. The van der Waals surface area contributed by atoms with E-state index in [1.807, 2.05) is 43.7 Å². The monoisotopic (exact) mass is 329 g/mol. The minimum atomic E-state index is 0.736. The number of benzene rings is 1. The first-order valence-electron chi connectivity index (χ1n) is 7.25. The third-order valence-corrected chi connectivity index (χ3v) is 4.72. The summed E-state index contributed by atoms with van der Waals surface area (Å²) < 4.78 is 10.8. The van der Waals surface area contributed by atoms with Gasteiger partial charge in [-0.1, -0.05) is 0 Å². The molecule has 0 fully saturated rings. The van der Waals surface area contributed by atoms with Crippen molar-refractivity contribution in [3.8, 4) is 11.5 Å². The Balaban J connectivity index is 1.97. The second-order valence-corrected chi connectivity index (χ2v) is 6.22. The lowest BCUT2D eigenvalue weighted by Gasteiger charge is -2.18. The minimum Gasteiger partial charge on any atom is -0.497 e. The molecule has 2 aromatic heterocycles. The van der Waals surface area contributed by atoms with Gasteiger partial charge in [0.1, 0.15) is 17.3 Å². The van der Waals surface area contributed by atoms with Crippen LogP contribution in [0.3, 0.4) is 0 Å². The van der Waals surface area contributed by atoms with Crippen molar-refractivity contribution in [2.75, 3.05) is 26.2 Å². The van der Waals surface area contributed by atoms with E-state index in [9.17, 15) is 0 Å². The van der Waals surface area contributed by atoms with Crippen LogP contribution in [0.15, 0.2) is 29.8 Å². The number of pyridine rings is 1. The molecule has 0 aliphatic heterocycles. The lowest BCUT2D eigenvalue weighted by molar-refractivity contribution is 0.398. The predicted octanol–water partition coefficient (Wildman–Crippen LogP) is 3.65. The second-order valence-electron chi connectivity index (χ2n) is 5.28. The fraction of sp³-hybridized carbons (Fsp3) is 0.294. The van der Waals surface area contributed by atoms with Crippen molar-refractivity contribution in [2.45, 2.75) is 13.5 Å². The zero-order valence-electron chi connectivity index (χ0n) is 13.7. The number of aromatic nitrogens is 2. The summed E-state index contributed by atoms with van der Waals surface area (Å²) in [7, 11) is 5.33. The average Bonchev–Trinajstić information content (AvgIpc) is 2.97. The molecule has 0 saturated heterocycles. The highest BCUT2D eigenvalue weighted by Gasteiger charge is 2.11. The summed E-state index contributed by atoms with van der Waals surface area (Å²) in [5, 5.41) is 0.972. The number of ether oxygens (including phenoxy) is 2. The van der Waals surface area contributed by atoms with E-state index in [0.29, 0.717) is 0 Å². The maximum absolute atomic E-state index is 5.43. The van der Waals surface area contributed by atoms with Crippen molar-refractivity contribution in [2.24, 2.45) is 0 Å². The SMILES string of the molecule is COc1cc(OC)c2ccc(N(C)Cc3scnc3C)nc2c1. The van der Waals surface area contributed by atoms with Crippen molar-refractivity contribution in [3.05, 3.63) is 40.3 Å². The van der Waals surface area contributed by atoms with Crippen LogP contribution in [0, 0.1) is 6.92 Å². The molecule has 0 aliphatic rings. The fourth-order valence-corrected chi connectivity index (χ4v) is 3.27. The molecule has 120 valence electrons. The maximum Gasteiger partial charge on any atom is 0.131 e. The highest BCUT2D eigenvalue weighted by atomic mass is 32.1. The van der Waals surface area contributed by atoms with E-state index in [-0.39, 0.29) is 0 Å². The summed E-state index contributed by atoms with van der Waals surface area (Å²) in [6, 6.07) is 7.83. The summed E-state index contributed by atoms with van der Waals surface area (Å²) in [6.07, 6.45) is 0. The van der Waals surface area contributed by atoms with Crippen LogP contribution in [0.5, 0.6) is 11.5 Å². The molecule has 0 radical (unpaired) electrons. The van der Waals surface area contributed by atoms with Gasteiger partial charge in [-0.15, -0.1) is 11.3 Å². The highest BCUT2D eigenvalue weighted by Crippen LogP contribution is 2.31. The first-order chi connectivity index (χ1) is 11.1. The van der Waals surface area contributed by atoms with Gasteiger partial charge in [-0.2, -0.15) is 0 Å². The molecule has 1 aromatic carbocycles. The lowest BCUT2D eigenvalue weighted by atomic mass is 10.2. The standard InChI is InChI=1S/C17H19N3O2S/c1-11-16(23-10-18-11)9-20(2)17-6-5-13-14(19-17)7-12(21-3)8-15(13)22-4/h5-8,10H,9H2,1-4H3. The number of methoxy groups -OCH3 is 2. The summed E-state index contributed by atoms with van der Waals surface area (Å²) in [6.45, 7) is 2.82. The van der Waals surface area contributed by atoms with E-state index >= 15 is 0 Å². The van der Waals surface area contributed by atoms with Gasteiger partial charge >= 0.3 is 0 Å². The highest BCUT2D eigenvalue weighted by molar-refractivity contribution is 7.09. The Morgan fingerprint density at radius 3 is 2.65 bits per heavy atom. The largest absolute Gasteiger partial charge is 0.497 e. The average molecular weight is 329 g/mol. The zero-order valence-corrected chi connectivity index (χ0v) is 14.5. The van der Waals surface area contributed by atoms with Gasteiger partial charge < -0.3 is 14.4 Å².